The van der Waals surface area contributed by atoms with Crippen molar-refractivity contribution in [2.24, 2.45) is 0 Å². The number of ether oxygens (including phenoxy) is 1. The van der Waals surface area contributed by atoms with E-state index in [1.165, 1.54) is 10.9 Å². The Morgan fingerprint density at radius 2 is 1.89 bits per heavy atom. The Morgan fingerprint density at radius 3 is 2.66 bits per heavy atom. The second-order valence-corrected chi connectivity index (χ2v) is 8.26. The summed E-state index contributed by atoms with van der Waals surface area (Å²) < 4.78 is 35.7. The standard InChI is InChI=1S/C24H22F2N6O3/c1-14-12-17(19(13-15(14)2)32-27-9-10-28-32)23(33)31-11-5-7-18(31)22-29-21(30-35-22)16-6-3-4-8-20(16)34-24(25)26/h3-4,6,8-10,12-13,18,24H,5,7,11H2,1-2H3. The van der Waals surface area contributed by atoms with Crippen molar-refractivity contribution in [3.8, 4) is 22.8 Å². The van der Waals surface area contributed by atoms with E-state index in [9.17, 15) is 13.6 Å². The number of rotatable bonds is 6. The van der Waals surface area contributed by atoms with Gasteiger partial charge in [0.25, 0.3) is 5.91 Å². The Balaban J connectivity index is 1.47. The molecule has 0 bridgehead atoms. The van der Waals surface area contributed by atoms with Crippen LogP contribution in [0.3, 0.4) is 0 Å². The van der Waals surface area contributed by atoms with Crippen molar-refractivity contribution in [1.29, 1.82) is 0 Å². The SMILES string of the molecule is Cc1cc(C(=O)N2CCCC2c2nc(-c3ccccc3OC(F)F)no2)c(-n2nccn2)cc1C. The molecule has 1 saturated heterocycles. The molecule has 0 aliphatic carbocycles. The molecule has 3 heterocycles. The first-order valence-corrected chi connectivity index (χ1v) is 11.1. The first-order valence-electron chi connectivity index (χ1n) is 11.1. The monoisotopic (exact) mass is 480 g/mol. The van der Waals surface area contributed by atoms with E-state index >= 15 is 0 Å². The number of nitrogens with zero attached hydrogens (tertiary/aromatic N) is 6. The lowest BCUT2D eigenvalue weighted by Gasteiger charge is -2.23. The molecule has 4 aromatic rings. The van der Waals surface area contributed by atoms with Crippen molar-refractivity contribution >= 4 is 5.91 Å². The summed E-state index contributed by atoms with van der Waals surface area (Å²) in [7, 11) is 0. The van der Waals surface area contributed by atoms with Crippen molar-refractivity contribution in [1.82, 2.24) is 30.0 Å². The van der Waals surface area contributed by atoms with Gasteiger partial charge in [0.2, 0.25) is 11.7 Å². The van der Waals surface area contributed by atoms with E-state index in [0.29, 0.717) is 24.2 Å². The summed E-state index contributed by atoms with van der Waals surface area (Å²) in [6, 6.07) is 9.50. The topological polar surface area (TPSA) is 99.2 Å². The molecule has 0 radical (unpaired) electrons. The van der Waals surface area contributed by atoms with E-state index in [2.05, 4.69) is 25.1 Å². The van der Waals surface area contributed by atoms with E-state index < -0.39 is 12.7 Å². The zero-order valence-electron chi connectivity index (χ0n) is 19.1. The van der Waals surface area contributed by atoms with Crippen LogP contribution in [0, 0.1) is 13.8 Å². The van der Waals surface area contributed by atoms with Crippen LogP contribution in [0.5, 0.6) is 5.75 Å². The minimum atomic E-state index is -2.98. The molecular weight excluding hydrogens is 458 g/mol. The predicted octanol–water partition coefficient (Wildman–Crippen LogP) is 4.51. The van der Waals surface area contributed by atoms with Crippen molar-refractivity contribution in [2.75, 3.05) is 6.54 Å². The Hall–Kier alpha value is -4.15. The van der Waals surface area contributed by atoms with Gasteiger partial charge in [0.05, 0.1) is 29.2 Å². The molecular formula is C24H22F2N6O3. The van der Waals surface area contributed by atoms with Crippen LogP contribution in [0.25, 0.3) is 17.1 Å². The summed E-state index contributed by atoms with van der Waals surface area (Å²) in [5, 5.41) is 12.4. The number of aromatic nitrogens is 5. The molecule has 1 aliphatic rings. The van der Waals surface area contributed by atoms with Gasteiger partial charge in [-0.05, 0) is 62.1 Å². The van der Waals surface area contributed by atoms with E-state index in [4.69, 9.17) is 4.52 Å². The van der Waals surface area contributed by atoms with Gasteiger partial charge in [0.15, 0.2) is 0 Å². The van der Waals surface area contributed by atoms with Gasteiger partial charge in [-0.3, -0.25) is 4.79 Å². The second kappa shape index (κ2) is 9.24. The van der Waals surface area contributed by atoms with Crippen LogP contribution in [0.15, 0.2) is 53.3 Å². The second-order valence-electron chi connectivity index (χ2n) is 8.26. The molecule has 11 heteroatoms. The number of aryl methyl sites for hydroxylation is 2. The average molecular weight is 480 g/mol. The number of hydrogen-bond donors (Lipinski definition) is 0. The van der Waals surface area contributed by atoms with Crippen molar-refractivity contribution in [3.05, 3.63) is 71.4 Å². The van der Waals surface area contributed by atoms with Crippen LogP contribution in [0.1, 0.15) is 46.3 Å². The zero-order chi connectivity index (χ0) is 24.5. The summed E-state index contributed by atoms with van der Waals surface area (Å²) in [4.78, 5) is 21.3. The Bertz CT molecular complexity index is 1360. The molecule has 0 N–H and O–H groups in total. The maximum atomic E-state index is 13.7. The lowest BCUT2D eigenvalue weighted by atomic mass is 10.0. The molecule has 180 valence electrons. The van der Waals surface area contributed by atoms with Gasteiger partial charge < -0.3 is 14.2 Å². The highest BCUT2D eigenvalue weighted by Gasteiger charge is 2.36. The highest BCUT2D eigenvalue weighted by Crippen LogP contribution is 2.36. The van der Waals surface area contributed by atoms with Gasteiger partial charge in [0, 0.05) is 6.54 Å². The fourth-order valence-electron chi connectivity index (χ4n) is 4.23. The number of para-hydroxylation sites is 1. The summed E-state index contributed by atoms with van der Waals surface area (Å²) in [5.41, 5.74) is 3.30. The van der Waals surface area contributed by atoms with Crippen LogP contribution >= 0.6 is 0 Å². The predicted molar refractivity (Wildman–Crippen MR) is 120 cm³/mol. The van der Waals surface area contributed by atoms with Gasteiger partial charge in [0.1, 0.15) is 11.8 Å². The van der Waals surface area contributed by atoms with Gasteiger partial charge >= 0.3 is 6.61 Å². The third-order valence-electron chi connectivity index (χ3n) is 6.06. The third kappa shape index (κ3) is 4.36. The fourth-order valence-corrected chi connectivity index (χ4v) is 4.23. The number of hydrogen-bond acceptors (Lipinski definition) is 7. The lowest BCUT2D eigenvalue weighted by molar-refractivity contribution is -0.0494. The fraction of sp³-hybridized carbons (Fsp3) is 0.292. The Kier molecular flexibility index (Phi) is 5.98. The normalized spacial score (nSPS) is 15.7. The molecule has 1 aliphatic heterocycles. The van der Waals surface area contributed by atoms with Crippen molar-refractivity contribution < 1.29 is 22.8 Å². The molecule has 0 saturated carbocycles. The molecule has 9 nitrogen and oxygen atoms in total. The van der Waals surface area contributed by atoms with Crippen molar-refractivity contribution in [2.45, 2.75) is 39.3 Å². The Morgan fingerprint density at radius 1 is 1.14 bits per heavy atom. The first kappa shape index (κ1) is 22.6. The van der Waals surface area contributed by atoms with Crippen LogP contribution < -0.4 is 4.74 Å². The van der Waals surface area contributed by atoms with Gasteiger partial charge in [-0.2, -0.15) is 28.8 Å². The van der Waals surface area contributed by atoms with Gasteiger partial charge in [-0.25, -0.2) is 0 Å². The van der Waals surface area contributed by atoms with Crippen LogP contribution in [0.2, 0.25) is 0 Å². The molecule has 0 spiro atoms. The van der Waals surface area contributed by atoms with Crippen LogP contribution in [0.4, 0.5) is 8.78 Å². The number of halogens is 2. The number of carbonyl (C=O) groups is 1. The van der Waals surface area contributed by atoms with E-state index in [1.54, 1.807) is 35.5 Å². The minimum absolute atomic E-state index is 0.0549. The van der Waals surface area contributed by atoms with E-state index in [-0.39, 0.29) is 28.9 Å². The Labute approximate surface area is 199 Å². The molecule has 5 rings (SSSR count). The van der Waals surface area contributed by atoms with Crippen LogP contribution in [-0.4, -0.2) is 49.1 Å². The molecule has 1 amide bonds. The first-order chi connectivity index (χ1) is 16.9. The quantitative estimate of drug-likeness (QED) is 0.400. The third-order valence-corrected chi connectivity index (χ3v) is 6.06. The molecule has 2 aromatic heterocycles. The minimum Gasteiger partial charge on any atom is -0.434 e. The lowest BCUT2D eigenvalue weighted by Crippen LogP contribution is -2.32. The van der Waals surface area contributed by atoms with E-state index in [0.717, 1.165) is 17.5 Å². The zero-order valence-corrected chi connectivity index (χ0v) is 19.1. The van der Waals surface area contributed by atoms with E-state index in [1.807, 2.05) is 26.0 Å². The summed E-state index contributed by atoms with van der Waals surface area (Å²) in [6.07, 6.45) is 4.48. The van der Waals surface area contributed by atoms with Gasteiger partial charge in [-0.15, -0.1) is 0 Å². The molecule has 35 heavy (non-hydrogen) atoms. The summed E-state index contributed by atoms with van der Waals surface area (Å²) >= 11 is 0. The average Bonchev–Trinajstić information content (AvgIpc) is 3.61. The number of alkyl halides is 2. The van der Waals surface area contributed by atoms with Crippen LogP contribution in [-0.2, 0) is 0 Å². The highest BCUT2D eigenvalue weighted by atomic mass is 19.3. The largest absolute Gasteiger partial charge is 0.434 e. The molecule has 2 aromatic carbocycles. The number of likely N-dealkylation sites (tertiary alicyclic amines) is 1. The molecule has 1 unspecified atom stereocenters. The number of amides is 1. The number of benzene rings is 2. The molecule has 1 fully saturated rings. The highest BCUT2D eigenvalue weighted by molar-refractivity contribution is 5.98. The number of carbonyl (C=O) groups excluding carboxylic acids is 1. The summed E-state index contributed by atoms with van der Waals surface area (Å²) in [5.74, 6) is 0.0910. The maximum Gasteiger partial charge on any atom is 0.387 e. The maximum absolute atomic E-state index is 13.7. The summed E-state index contributed by atoms with van der Waals surface area (Å²) in [6.45, 7) is 1.43. The van der Waals surface area contributed by atoms with Crippen molar-refractivity contribution in [3.63, 3.8) is 0 Å². The van der Waals surface area contributed by atoms with Gasteiger partial charge in [-0.1, -0.05) is 17.3 Å². The smallest absolute Gasteiger partial charge is 0.387 e. The molecule has 1 atom stereocenters.